The minimum atomic E-state index is 0.580. The summed E-state index contributed by atoms with van der Waals surface area (Å²) >= 11 is 0. The number of nitrogens with one attached hydrogen (secondary N) is 2. The standard InChI is InChI=1S/C22H32N4O3/c1-2-6-20(7-3-1)29-17-12-25-22(24-11-9-21-8-4-16-28-21)23-10-5-13-26-14-18-27-19-15-26/h1-4,6-8,16H,5,9-15,17-19H2,(H2,23,24,25). The van der Waals surface area contributed by atoms with Crippen molar-refractivity contribution >= 4 is 5.96 Å². The second kappa shape index (κ2) is 12.9. The van der Waals surface area contributed by atoms with Gasteiger partial charge in [0.2, 0.25) is 0 Å². The van der Waals surface area contributed by atoms with Crippen LogP contribution >= 0.6 is 0 Å². The first-order chi connectivity index (χ1) is 14.4. The van der Waals surface area contributed by atoms with Crippen molar-refractivity contribution in [1.29, 1.82) is 0 Å². The Balaban J connectivity index is 1.38. The number of aliphatic imine (C=N–C) groups is 1. The lowest BCUT2D eigenvalue weighted by Gasteiger charge is -2.26. The number of ether oxygens (including phenoxy) is 2. The summed E-state index contributed by atoms with van der Waals surface area (Å²) in [5, 5.41) is 6.74. The summed E-state index contributed by atoms with van der Waals surface area (Å²) in [6.45, 7) is 7.60. The summed E-state index contributed by atoms with van der Waals surface area (Å²) in [6, 6.07) is 13.7. The molecule has 1 saturated heterocycles. The summed E-state index contributed by atoms with van der Waals surface area (Å²) in [5.41, 5.74) is 0. The van der Waals surface area contributed by atoms with Crippen molar-refractivity contribution in [1.82, 2.24) is 15.5 Å². The second-order valence-corrected chi connectivity index (χ2v) is 6.88. The van der Waals surface area contributed by atoms with E-state index in [4.69, 9.17) is 18.9 Å². The van der Waals surface area contributed by atoms with Crippen LogP contribution in [0.25, 0.3) is 0 Å². The van der Waals surface area contributed by atoms with Gasteiger partial charge in [-0.1, -0.05) is 18.2 Å². The average Bonchev–Trinajstić information content (AvgIpc) is 3.29. The third kappa shape index (κ3) is 8.58. The smallest absolute Gasteiger partial charge is 0.191 e. The molecule has 0 spiro atoms. The molecule has 29 heavy (non-hydrogen) atoms. The van der Waals surface area contributed by atoms with Gasteiger partial charge in [0, 0.05) is 39.1 Å². The Labute approximate surface area is 173 Å². The number of nitrogens with zero attached hydrogens (tertiary/aromatic N) is 2. The maximum Gasteiger partial charge on any atom is 0.191 e. The van der Waals surface area contributed by atoms with Gasteiger partial charge in [-0.15, -0.1) is 0 Å². The molecule has 1 fully saturated rings. The third-order valence-electron chi connectivity index (χ3n) is 4.66. The zero-order valence-electron chi connectivity index (χ0n) is 17.0. The lowest BCUT2D eigenvalue weighted by Crippen LogP contribution is -2.40. The first-order valence-electron chi connectivity index (χ1n) is 10.4. The topological polar surface area (TPSA) is 71.3 Å². The van der Waals surface area contributed by atoms with Crippen molar-refractivity contribution in [3.63, 3.8) is 0 Å². The molecule has 158 valence electrons. The van der Waals surface area contributed by atoms with Gasteiger partial charge >= 0.3 is 0 Å². The molecule has 1 aromatic carbocycles. The lowest BCUT2D eigenvalue weighted by molar-refractivity contribution is 0.0377. The molecule has 7 nitrogen and oxygen atoms in total. The number of benzene rings is 1. The van der Waals surface area contributed by atoms with E-state index in [1.54, 1.807) is 6.26 Å². The summed E-state index contributed by atoms with van der Waals surface area (Å²) in [6.07, 6.45) is 3.56. The molecule has 1 aliphatic heterocycles. The van der Waals surface area contributed by atoms with Gasteiger partial charge in [-0.05, 0) is 30.7 Å². The fourth-order valence-electron chi connectivity index (χ4n) is 3.10. The summed E-state index contributed by atoms with van der Waals surface area (Å²) < 4.78 is 16.5. The predicted octanol–water partition coefficient (Wildman–Crippen LogP) is 2.16. The van der Waals surface area contributed by atoms with Crippen LogP contribution in [0.1, 0.15) is 12.2 Å². The highest BCUT2D eigenvalue weighted by Gasteiger charge is 2.09. The van der Waals surface area contributed by atoms with E-state index in [1.165, 1.54) is 0 Å². The Morgan fingerprint density at radius 1 is 1.03 bits per heavy atom. The Morgan fingerprint density at radius 2 is 1.86 bits per heavy atom. The Kier molecular flexibility index (Phi) is 9.40. The molecule has 7 heteroatoms. The normalized spacial score (nSPS) is 15.2. The van der Waals surface area contributed by atoms with Crippen molar-refractivity contribution < 1.29 is 13.9 Å². The fraction of sp³-hybridized carbons (Fsp3) is 0.500. The van der Waals surface area contributed by atoms with Gasteiger partial charge in [0.1, 0.15) is 18.1 Å². The number of hydrogen-bond donors (Lipinski definition) is 2. The van der Waals surface area contributed by atoms with Gasteiger partial charge in [0.15, 0.2) is 5.96 Å². The number of morpholine rings is 1. The van der Waals surface area contributed by atoms with Gasteiger partial charge in [-0.25, -0.2) is 0 Å². The molecule has 0 saturated carbocycles. The molecule has 2 N–H and O–H groups in total. The predicted molar refractivity (Wildman–Crippen MR) is 115 cm³/mol. The minimum absolute atomic E-state index is 0.580. The van der Waals surface area contributed by atoms with E-state index >= 15 is 0 Å². The van der Waals surface area contributed by atoms with Crippen LogP contribution in [0.5, 0.6) is 5.75 Å². The van der Waals surface area contributed by atoms with Crippen LogP contribution in [-0.2, 0) is 11.2 Å². The second-order valence-electron chi connectivity index (χ2n) is 6.88. The molecule has 2 heterocycles. The van der Waals surface area contributed by atoms with Crippen LogP contribution in [0.4, 0.5) is 0 Å². The zero-order valence-corrected chi connectivity index (χ0v) is 17.0. The van der Waals surface area contributed by atoms with E-state index < -0.39 is 0 Å². The number of guanidine groups is 1. The van der Waals surface area contributed by atoms with Crippen LogP contribution in [0, 0.1) is 0 Å². The molecule has 0 bridgehead atoms. The van der Waals surface area contributed by atoms with Crippen LogP contribution < -0.4 is 15.4 Å². The molecular weight excluding hydrogens is 368 g/mol. The largest absolute Gasteiger partial charge is 0.492 e. The van der Waals surface area contributed by atoms with Gasteiger partial charge in [0.05, 0.1) is 26.0 Å². The average molecular weight is 401 g/mol. The molecule has 3 rings (SSSR count). The Morgan fingerprint density at radius 3 is 2.66 bits per heavy atom. The van der Waals surface area contributed by atoms with Crippen molar-refractivity contribution in [3.05, 3.63) is 54.5 Å². The van der Waals surface area contributed by atoms with Crippen LogP contribution in [-0.4, -0.2) is 69.9 Å². The molecule has 0 unspecified atom stereocenters. The summed E-state index contributed by atoms with van der Waals surface area (Å²) in [4.78, 5) is 7.16. The van der Waals surface area contributed by atoms with Gasteiger partial charge < -0.3 is 24.5 Å². The van der Waals surface area contributed by atoms with Crippen LogP contribution in [0.3, 0.4) is 0 Å². The Bertz CT molecular complexity index is 685. The summed E-state index contributed by atoms with van der Waals surface area (Å²) in [5.74, 6) is 2.66. The van der Waals surface area contributed by atoms with E-state index in [2.05, 4.69) is 15.5 Å². The molecule has 0 radical (unpaired) electrons. The van der Waals surface area contributed by atoms with E-state index in [0.717, 1.165) is 76.2 Å². The lowest BCUT2D eigenvalue weighted by atomic mass is 10.3. The monoisotopic (exact) mass is 400 g/mol. The van der Waals surface area contributed by atoms with Crippen LogP contribution in [0.15, 0.2) is 58.1 Å². The number of hydrogen-bond acceptors (Lipinski definition) is 5. The van der Waals surface area contributed by atoms with Gasteiger partial charge in [-0.3, -0.25) is 9.89 Å². The molecular formula is C22H32N4O3. The maximum absolute atomic E-state index is 5.75. The molecule has 2 aromatic rings. The highest BCUT2D eigenvalue weighted by Crippen LogP contribution is 2.07. The quantitative estimate of drug-likeness (QED) is 0.342. The molecule has 1 aliphatic rings. The van der Waals surface area contributed by atoms with Crippen molar-refractivity contribution in [2.75, 3.05) is 59.1 Å². The molecule has 0 atom stereocenters. The molecule has 1 aromatic heterocycles. The van der Waals surface area contributed by atoms with Crippen LogP contribution in [0.2, 0.25) is 0 Å². The highest BCUT2D eigenvalue weighted by molar-refractivity contribution is 5.79. The minimum Gasteiger partial charge on any atom is -0.492 e. The van der Waals surface area contributed by atoms with E-state index in [9.17, 15) is 0 Å². The first kappa shape index (κ1) is 21.2. The molecule has 0 amide bonds. The van der Waals surface area contributed by atoms with E-state index in [1.807, 2.05) is 42.5 Å². The number of para-hydroxylation sites is 1. The van der Waals surface area contributed by atoms with E-state index in [0.29, 0.717) is 13.2 Å². The van der Waals surface area contributed by atoms with Gasteiger partial charge in [0.25, 0.3) is 0 Å². The SMILES string of the molecule is c1ccc(OCCNC(=NCCCN2CCOCC2)NCCc2ccco2)cc1. The maximum atomic E-state index is 5.75. The van der Waals surface area contributed by atoms with Gasteiger partial charge in [-0.2, -0.15) is 0 Å². The number of rotatable bonds is 11. The van der Waals surface area contributed by atoms with Crippen molar-refractivity contribution in [2.24, 2.45) is 4.99 Å². The third-order valence-corrected chi connectivity index (χ3v) is 4.66. The number of furan rings is 1. The Hall–Kier alpha value is -2.51. The first-order valence-corrected chi connectivity index (χ1v) is 10.4. The zero-order chi connectivity index (χ0) is 20.0. The van der Waals surface area contributed by atoms with E-state index in [-0.39, 0.29) is 0 Å². The summed E-state index contributed by atoms with van der Waals surface area (Å²) in [7, 11) is 0. The van der Waals surface area contributed by atoms with Crippen molar-refractivity contribution in [3.8, 4) is 5.75 Å². The fourth-order valence-corrected chi connectivity index (χ4v) is 3.10. The highest BCUT2D eigenvalue weighted by atomic mass is 16.5. The van der Waals surface area contributed by atoms with Crippen molar-refractivity contribution in [2.45, 2.75) is 12.8 Å². The molecule has 0 aliphatic carbocycles.